The Balaban J connectivity index is 0.000000437. The van der Waals surface area contributed by atoms with E-state index in [-0.39, 0.29) is 0 Å². The Morgan fingerprint density at radius 2 is 1.59 bits per heavy atom. The molecule has 0 spiro atoms. The second kappa shape index (κ2) is 6.38. The molecule has 0 saturated heterocycles. The van der Waals surface area contributed by atoms with Crippen molar-refractivity contribution in [2.24, 2.45) is 0 Å². The van der Waals surface area contributed by atoms with E-state index in [0.29, 0.717) is 5.41 Å². The maximum Gasteiger partial charge on any atom is 0.296 e. The van der Waals surface area contributed by atoms with Crippen LogP contribution in [0.2, 0.25) is 0 Å². The molecule has 1 rings (SSSR count). The summed E-state index contributed by atoms with van der Waals surface area (Å²) in [7, 11) is -1.05. The molecule has 0 amide bonds. The molecule has 0 aliphatic rings. The molecule has 0 radical (unpaired) electrons. The fraction of sp³-hybridized carbons (Fsp3) is 0.700. The first-order valence-electron chi connectivity index (χ1n) is 5.00. The summed E-state index contributed by atoms with van der Waals surface area (Å²) < 4.78 is 34.0. The van der Waals surface area contributed by atoms with E-state index in [0.717, 1.165) is 0 Å². The van der Waals surface area contributed by atoms with Crippen LogP contribution >= 0.6 is 20.7 Å². The fourth-order valence-electron chi connectivity index (χ4n) is 1.36. The van der Waals surface area contributed by atoms with Gasteiger partial charge in [0.1, 0.15) is 0 Å². The Kier molecular flexibility index (Phi) is 6.44. The monoisotopic (exact) mass is 300 g/mol. The topological polar surface area (TPSA) is 92.2 Å². The average Bonchev–Trinajstić information content (AvgIpc) is 2.42. The van der Waals surface area contributed by atoms with Crippen molar-refractivity contribution in [1.82, 2.24) is 0 Å². The van der Waals surface area contributed by atoms with Crippen LogP contribution in [0.4, 0.5) is 0 Å². The highest BCUT2D eigenvalue weighted by Gasteiger charge is 2.30. The minimum absolute atomic E-state index is 0.332. The molecular formula is C10H17ClO4S2. The van der Waals surface area contributed by atoms with E-state index in [4.69, 9.17) is 18.6 Å². The van der Waals surface area contributed by atoms with Crippen molar-refractivity contribution in [2.75, 3.05) is 0 Å². The van der Waals surface area contributed by atoms with Crippen molar-refractivity contribution >= 4 is 20.7 Å². The molecule has 0 atom stereocenters. The summed E-state index contributed by atoms with van der Waals surface area (Å²) in [6, 6.07) is 0. The lowest BCUT2D eigenvalue weighted by Gasteiger charge is -2.17. The highest BCUT2D eigenvalue weighted by atomic mass is 35.7. The van der Waals surface area contributed by atoms with Gasteiger partial charge in [0.25, 0.3) is 10.3 Å². The van der Waals surface area contributed by atoms with Crippen LogP contribution in [0.25, 0.3) is 0 Å². The number of aryl methyl sites for hydroxylation is 1. The van der Waals surface area contributed by atoms with Gasteiger partial charge in [-0.3, -0.25) is 0 Å². The first-order valence-corrected chi connectivity index (χ1v) is 8.39. The quantitative estimate of drug-likeness (QED) is 0.516. The zero-order chi connectivity index (χ0) is 13.9. The predicted molar refractivity (Wildman–Crippen MR) is 59.4 cm³/mol. The molecule has 4 nitrogen and oxygen atoms in total. The third-order valence-electron chi connectivity index (χ3n) is 1.99. The predicted octanol–water partition coefficient (Wildman–Crippen LogP) is -0.497. The Morgan fingerprint density at radius 3 is 1.76 bits per heavy atom. The first kappa shape index (κ1) is 17.2. The smallest absolute Gasteiger partial charge is 0.222 e. The zero-order valence-electron chi connectivity index (χ0n) is 10.5. The van der Waals surface area contributed by atoms with Crippen LogP contribution in [0.15, 0.2) is 0 Å². The van der Waals surface area contributed by atoms with Crippen molar-refractivity contribution in [1.29, 1.82) is 0 Å². The summed E-state index contributed by atoms with van der Waals surface area (Å²) in [6.07, 6.45) is 1.18. The van der Waals surface area contributed by atoms with Crippen molar-refractivity contribution in [3.8, 4) is 0 Å². The molecule has 1 heterocycles. The molecule has 0 aliphatic heterocycles. The molecule has 0 aliphatic carbocycles. The second-order valence-corrected chi connectivity index (χ2v) is 7.52. The van der Waals surface area contributed by atoms with Gasteiger partial charge in [0, 0.05) is 11.0 Å². The van der Waals surface area contributed by atoms with Gasteiger partial charge in [-0.15, -0.1) is 10.2 Å². The minimum Gasteiger partial charge on any atom is -0.222 e. The molecule has 1 aromatic rings. The van der Waals surface area contributed by atoms with Crippen molar-refractivity contribution in [3.05, 3.63) is 15.3 Å². The standard InChI is InChI=1S/C10H17S2.ClHO4/c1-6-8-7(2)9(12-11-8)10(3,4)5;2-1(3,4)5/h6H2,1-5H3;(H,2,3,4,5)/q+1;/p-1. The van der Waals surface area contributed by atoms with Crippen molar-refractivity contribution < 1.29 is 28.9 Å². The average molecular weight is 301 g/mol. The fourth-order valence-corrected chi connectivity index (χ4v) is 4.85. The minimum atomic E-state index is -4.94. The summed E-state index contributed by atoms with van der Waals surface area (Å²) in [5, 5.41) is 0. The second-order valence-electron chi connectivity index (χ2n) is 4.53. The molecule has 1 aromatic heterocycles. The van der Waals surface area contributed by atoms with Crippen LogP contribution in [0, 0.1) is 17.2 Å². The summed E-state index contributed by atoms with van der Waals surface area (Å²) in [6.45, 7) is 11.4. The third kappa shape index (κ3) is 7.25. The SMILES string of the molecule is CCc1s[s+]c(C(C)(C)C)c1C.[O-][Cl+3]([O-])([O-])[O-]. The number of halogens is 1. The molecule has 0 N–H and O–H groups in total. The van der Waals surface area contributed by atoms with Gasteiger partial charge in [-0.2, -0.15) is 0 Å². The summed E-state index contributed by atoms with van der Waals surface area (Å²) >= 11 is 0. The van der Waals surface area contributed by atoms with Crippen LogP contribution in [0.3, 0.4) is 0 Å². The van der Waals surface area contributed by atoms with Gasteiger partial charge in [-0.05, 0) is 13.3 Å². The lowest BCUT2D eigenvalue weighted by atomic mass is 9.91. The molecule has 0 fully saturated rings. The van der Waals surface area contributed by atoms with Gasteiger partial charge < -0.3 is 0 Å². The highest BCUT2D eigenvalue weighted by Crippen LogP contribution is 2.36. The van der Waals surface area contributed by atoms with Gasteiger partial charge >= 0.3 is 0 Å². The van der Waals surface area contributed by atoms with Crippen molar-refractivity contribution in [3.63, 3.8) is 0 Å². The van der Waals surface area contributed by atoms with Crippen molar-refractivity contribution in [2.45, 2.75) is 46.5 Å². The van der Waals surface area contributed by atoms with Crippen LogP contribution in [-0.4, -0.2) is 0 Å². The zero-order valence-corrected chi connectivity index (χ0v) is 12.9. The van der Waals surface area contributed by atoms with Gasteiger partial charge in [0.15, 0.2) is 10.3 Å². The van der Waals surface area contributed by atoms with E-state index in [2.05, 4.69) is 34.6 Å². The molecule has 100 valence electrons. The maximum atomic E-state index is 8.49. The number of hydrogen-bond donors (Lipinski definition) is 0. The van der Waals surface area contributed by atoms with E-state index in [1.807, 2.05) is 20.7 Å². The van der Waals surface area contributed by atoms with Gasteiger partial charge in [0.2, 0.25) is 4.88 Å². The molecular weight excluding hydrogens is 284 g/mol. The van der Waals surface area contributed by atoms with Gasteiger partial charge in [0.05, 0.1) is 4.88 Å². The summed E-state index contributed by atoms with van der Waals surface area (Å²) in [5.41, 5.74) is 1.86. The Morgan fingerprint density at radius 1 is 1.18 bits per heavy atom. The molecule has 0 unspecified atom stereocenters. The van der Waals surface area contributed by atoms with E-state index >= 15 is 0 Å². The van der Waals surface area contributed by atoms with Crippen LogP contribution in [0.1, 0.15) is 43.0 Å². The molecule has 0 bridgehead atoms. The lowest BCUT2D eigenvalue weighted by Crippen LogP contribution is -2.68. The summed E-state index contributed by atoms with van der Waals surface area (Å²) in [5.74, 6) is 0. The van der Waals surface area contributed by atoms with Gasteiger partial charge in [-0.25, -0.2) is 18.6 Å². The van der Waals surface area contributed by atoms with Crippen LogP contribution < -0.4 is 18.6 Å². The highest BCUT2D eigenvalue weighted by molar-refractivity contribution is 7.69. The first-order chi connectivity index (χ1) is 7.46. The summed E-state index contributed by atoms with van der Waals surface area (Å²) in [4.78, 5) is 3.12. The molecule has 7 heteroatoms. The largest absolute Gasteiger partial charge is 0.296 e. The lowest BCUT2D eigenvalue weighted by molar-refractivity contribution is -2.00. The van der Waals surface area contributed by atoms with E-state index in [9.17, 15) is 0 Å². The molecule has 0 saturated carbocycles. The molecule has 17 heavy (non-hydrogen) atoms. The number of rotatable bonds is 1. The van der Waals surface area contributed by atoms with E-state index in [1.165, 1.54) is 12.0 Å². The molecule has 0 aromatic carbocycles. The Hall–Kier alpha value is 0.180. The van der Waals surface area contributed by atoms with Crippen LogP contribution in [0.5, 0.6) is 0 Å². The normalized spacial score (nSPS) is 12.1. The Labute approximate surface area is 111 Å². The third-order valence-corrected chi connectivity index (χ3v) is 5.30. The van der Waals surface area contributed by atoms with E-state index < -0.39 is 10.2 Å². The van der Waals surface area contributed by atoms with Crippen LogP contribution in [-0.2, 0) is 11.8 Å². The van der Waals surface area contributed by atoms with E-state index in [1.54, 1.807) is 9.75 Å². The number of hydrogen-bond acceptors (Lipinski definition) is 5. The maximum absolute atomic E-state index is 8.49. The van der Waals surface area contributed by atoms with Gasteiger partial charge in [-0.1, -0.05) is 27.7 Å². The Bertz CT molecular complexity index is 346.